The van der Waals surface area contributed by atoms with Crippen LogP contribution in [0.2, 0.25) is 0 Å². The molecule has 1 aromatic carbocycles. The number of rotatable bonds is 2. The number of hydrogen-bond donors (Lipinski definition) is 2. The third kappa shape index (κ3) is 2.83. The highest BCUT2D eigenvalue weighted by atomic mass is 79.9. The van der Waals surface area contributed by atoms with E-state index < -0.39 is 0 Å². The average molecular weight is 283 g/mol. The van der Waals surface area contributed by atoms with Crippen molar-refractivity contribution >= 4 is 21.8 Å². The van der Waals surface area contributed by atoms with Gasteiger partial charge in [-0.1, -0.05) is 15.9 Å². The molecule has 0 spiro atoms. The second kappa shape index (κ2) is 4.97. The molecule has 0 aromatic heterocycles. The zero-order chi connectivity index (χ0) is 11.5. The Bertz CT molecular complexity index is 380. The van der Waals surface area contributed by atoms with Gasteiger partial charge in [-0.2, -0.15) is 0 Å². The molecule has 2 rings (SSSR count). The number of aryl methyl sites for hydroxylation is 1. The molecule has 0 aliphatic carbocycles. The third-order valence-electron chi connectivity index (χ3n) is 2.70. The summed E-state index contributed by atoms with van der Waals surface area (Å²) in [5.41, 5.74) is 1.81. The fourth-order valence-corrected chi connectivity index (χ4v) is 2.52. The van der Waals surface area contributed by atoms with Crippen LogP contribution in [0, 0.1) is 6.92 Å². The Kier molecular flexibility index (Phi) is 3.61. The maximum Gasteiger partial charge on any atom is 0.251 e. The summed E-state index contributed by atoms with van der Waals surface area (Å²) >= 11 is 3.40. The molecule has 1 aliphatic rings. The predicted octanol–water partition coefficient (Wildman–Crippen LogP) is 1.85. The van der Waals surface area contributed by atoms with Crippen molar-refractivity contribution in [3.63, 3.8) is 0 Å². The maximum absolute atomic E-state index is 11.9. The van der Waals surface area contributed by atoms with Gasteiger partial charge < -0.3 is 10.6 Å². The molecule has 1 amide bonds. The molecule has 0 saturated carbocycles. The summed E-state index contributed by atoms with van der Waals surface area (Å²) in [7, 11) is 0. The molecule has 1 aromatic rings. The first-order valence-corrected chi connectivity index (χ1v) is 6.23. The summed E-state index contributed by atoms with van der Waals surface area (Å²) < 4.78 is 0.946. The van der Waals surface area contributed by atoms with Gasteiger partial charge in [0.05, 0.1) is 0 Å². The van der Waals surface area contributed by atoms with Gasteiger partial charge in [-0.25, -0.2) is 0 Å². The SMILES string of the molecule is Cc1cc(Br)cc(C(=O)NC2CCNC2)c1. The molecule has 3 nitrogen and oxygen atoms in total. The number of carbonyl (C=O) groups is 1. The van der Waals surface area contributed by atoms with Crippen LogP contribution in [-0.4, -0.2) is 25.0 Å². The fraction of sp³-hybridized carbons (Fsp3) is 0.417. The van der Waals surface area contributed by atoms with Crippen LogP contribution in [0.4, 0.5) is 0 Å². The summed E-state index contributed by atoms with van der Waals surface area (Å²) in [6.45, 7) is 3.85. The van der Waals surface area contributed by atoms with Crippen molar-refractivity contribution in [2.45, 2.75) is 19.4 Å². The first-order valence-electron chi connectivity index (χ1n) is 5.44. The Balaban J connectivity index is 2.07. The van der Waals surface area contributed by atoms with Crippen LogP contribution in [0.1, 0.15) is 22.3 Å². The van der Waals surface area contributed by atoms with Gasteiger partial charge in [-0.3, -0.25) is 4.79 Å². The van der Waals surface area contributed by atoms with Crippen molar-refractivity contribution in [2.75, 3.05) is 13.1 Å². The van der Waals surface area contributed by atoms with E-state index in [0.29, 0.717) is 0 Å². The van der Waals surface area contributed by atoms with Crippen molar-refractivity contribution in [3.8, 4) is 0 Å². The largest absolute Gasteiger partial charge is 0.348 e. The van der Waals surface area contributed by atoms with Crippen LogP contribution in [0.15, 0.2) is 22.7 Å². The molecular weight excluding hydrogens is 268 g/mol. The van der Waals surface area contributed by atoms with E-state index in [1.165, 1.54) is 0 Å². The average Bonchev–Trinajstić information content (AvgIpc) is 2.68. The van der Waals surface area contributed by atoms with E-state index in [1.807, 2.05) is 25.1 Å². The van der Waals surface area contributed by atoms with Crippen molar-refractivity contribution < 1.29 is 4.79 Å². The molecule has 0 bridgehead atoms. The third-order valence-corrected chi connectivity index (χ3v) is 3.16. The molecule has 1 saturated heterocycles. The van der Waals surface area contributed by atoms with Gasteiger partial charge in [-0.15, -0.1) is 0 Å². The van der Waals surface area contributed by atoms with Crippen molar-refractivity contribution in [3.05, 3.63) is 33.8 Å². The number of nitrogens with one attached hydrogen (secondary N) is 2. The van der Waals surface area contributed by atoms with Crippen molar-refractivity contribution in [2.24, 2.45) is 0 Å². The molecule has 86 valence electrons. The summed E-state index contributed by atoms with van der Waals surface area (Å²) in [6, 6.07) is 6.02. The molecule has 1 atom stereocenters. The van der Waals surface area contributed by atoms with Gasteiger partial charge in [0, 0.05) is 22.6 Å². The standard InChI is InChI=1S/C12H15BrN2O/c1-8-4-9(6-10(13)5-8)12(16)15-11-2-3-14-7-11/h4-6,11,14H,2-3,7H2,1H3,(H,15,16). The lowest BCUT2D eigenvalue weighted by atomic mass is 10.1. The van der Waals surface area contributed by atoms with Gasteiger partial charge in [0.2, 0.25) is 0 Å². The van der Waals surface area contributed by atoms with Gasteiger partial charge >= 0.3 is 0 Å². The minimum atomic E-state index is 0.0121. The van der Waals surface area contributed by atoms with E-state index >= 15 is 0 Å². The van der Waals surface area contributed by atoms with Crippen LogP contribution in [0.3, 0.4) is 0 Å². The molecule has 1 fully saturated rings. The molecule has 1 heterocycles. The van der Waals surface area contributed by atoms with Crippen LogP contribution in [-0.2, 0) is 0 Å². The molecule has 0 radical (unpaired) electrons. The minimum Gasteiger partial charge on any atom is -0.348 e. The topological polar surface area (TPSA) is 41.1 Å². The lowest BCUT2D eigenvalue weighted by Crippen LogP contribution is -2.36. The van der Waals surface area contributed by atoms with Crippen molar-refractivity contribution in [1.29, 1.82) is 0 Å². The zero-order valence-electron chi connectivity index (χ0n) is 9.22. The summed E-state index contributed by atoms with van der Waals surface area (Å²) in [5.74, 6) is 0.0121. The number of halogens is 1. The molecule has 1 aliphatic heterocycles. The second-order valence-corrected chi connectivity index (χ2v) is 5.10. The Morgan fingerprint density at radius 3 is 2.94 bits per heavy atom. The Morgan fingerprint density at radius 1 is 1.50 bits per heavy atom. The molecule has 2 N–H and O–H groups in total. The first kappa shape index (κ1) is 11.6. The van der Waals surface area contributed by atoms with E-state index in [2.05, 4.69) is 26.6 Å². The van der Waals surface area contributed by atoms with Gasteiger partial charge in [0.15, 0.2) is 0 Å². The van der Waals surface area contributed by atoms with Crippen LogP contribution in [0.5, 0.6) is 0 Å². The first-order chi connectivity index (χ1) is 7.65. The van der Waals surface area contributed by atoms with Crippen LogP contribution >= 0.6 is 15.9 Å². The quantitative estimate of drug-likeness (QED) is 0.869. The number of carbonyl (C=O) groups excluding carboxylic acids is 1. The zero-order valence-corrected chi connectivity index (χ0v) is 10.8. The van der Waals surface area contributed by atoms with Gasteiger partial charge in [0.1, 0.15) is 0 Å². The number of benzene rings is 1. The highest BCUT2D eigenvalue weighted by Crippen LogP contribution is 2.15. The normalized spacial score (nSPS) is 19.8. The van der Waals surface area contributed by atoms with Gasteiger partial charge in [-0.05, 0) is 43.7 Å². The maximum atomic E-state index is 11.9. The second-order valence-electron chi connectivity index (χ2n) is 4.18. The van der Waals surface area contributed by atoms with E-state index in [1.54, 1.807) is 0 Å². The lowest BCUT2D eigenvalue weighted by molar-refractivity contribution is 0.0940. The lowest BCUT2D eigenvalue weighted by Gasteiger charge is -2.11. The highest BCUT2D eigenvalue weighted by molar-refractivity contribution is 9.10. The summed E-state index contributed by atoms with van der Waals surface area (Å²) in [4.78, 5) is 11.9. The van der Waals surface area contributed by atoms with Crippen molar-refractivity contribution in [1.82, 2.24) is 10.6 Å². The van der Waals surface area contributed by atoms with E-state index in [9.17, 15) is 4.79 Å². The predicted molar refractivity (Wildman–Crippen MR) is 67.6 cm³/mol. The molecule has 16 heavy (non-hydrogen) atoms. The van der Waals surface area contributed by atoms with E-state index in [-0.39, 0.29) is 11.9 Å². The van der Waals surface area contributed by atoms with E-state index in [4.69, 9.17) is 0 Å². The van der Waals surface area contributed by atoms with Gasteiger partial charge in [0.25, 0.3) is 5.91 Å². The summed E-state index contributed by atoms with van der Waals surface area (Å²) in [6.07, 6.45) is 1.01. The highest BCUT2D eigenvalue weighted by Gasteiger charge is 2.17. The fourth-order valence-electron chi connectivity index (χ4n) is 1.91. The Morgan fingerprint density at radius 2 is 2.31 bits per heavy atom. The number of amides is 1. The minimum absolute atomic E-state index is 0.0121. The molecule has 1 unspecified atom stereocenters. The smallest absolute Gasteiger partial charge is 0.251 e. The van der Waals surface area contributed by atoms with Crippen LogP contribution < -0.4 is 10.6 Å². The molecular formula is C12H15BrN2O. The van der Waals surface area contributed by atoms with Crippen LogP contribution in [0.25, 0.3) is 0 Å². The monoisotopic (exact) mass is 282 g/mol. The Hall–Kier alpha value is -0.870. The van der Waals surface area contributed by atoms with E-state index in [0.717, 1.165) is 35.1 Å². The number of hydrogen-bond acceptors (Lipinski definition) is 2. The molecule has 4 heteroatoms. The Labute approximate surface area is 104 Å². The summed E-state index contributed by atoms with van der Waals surface area (Å²) in [5, 5.41) is 6.26.